The minimum Gasteiger partial charge on any atom is -0.460 e. The number of aryl methyl sites for hydroxylation is 2. The van der Waals surface area contributed by atoms with E-state index in [1.165, 1.54) is 0 Å². The van der Waals surface area contributed by atoms with Crippen molar-refractivity contribution in [2.24, 2.45) is 0 Å². The fourth-order valence-electron chi connectivity index (χ4n) is 2.83. The van der Waals surface area contributed by atoms with Crippen LogP contribution >= 0.6 is 11.6 Å². The summed E-state index contributed by atoms with van der Waals surface area (Å²) in [6, 6.07) is 8.96. The van der Waals surface area contributed by atoms with Crippen LogP contribution in [0.3, 0.4) is 0 Å². The summed E-state index contributed by atoms with van der Waals surface area (Å²) in [7, 11) is 0. The molecule has 0 bridgehead atoms. The highest BCUT2D eigenvalue weighted by atomic mass is 35.5. The molecule has 130 valence electrons. The first kappa shape index (κ1) is 17.3. The van der Waals surface area contributed by atoms with Crippen molar-refractivity contribution < 1.29 is 9.21 Å². The molecule has 3 aromatic rings. The summed E-state index contributed by atoms with van der Waals surface area (Å²) < 4.78 is 7.21. The first-order chi connectivity index (χ1) is 12.0. The molecule has 0 saturated heterocycles. The van der Waals surface area contributed by atoms with Gasteiger partial charge in [-0.3, -0.25) is 9.59 Å². The van der Waals surface area contributed by atoms with E-state index in [1.54, 1.807) is 35.9 Å². The largest absolute Gasteiger partial charge is 0.460 e. The lowest BCUT2D eigenvalue weighted by Crippen LogP contribution is -2.26. The number of hydrogen-bond donors (Lipinski definition) is 1. The number of pyridine rings is 1. The number of rotatable bonds is 5. The number of halogens is 1. The number of amides is 1. The third-order valence-corrected chi connectivity index (χ3v) is 4.30. The summed E-state index contributed by atoms with van der Waals surface area (Å²) in [6.07, 6.45) is 2.53. The maximum Gasteiger partial charge on any atom is 0.262 e. The molecular formula is C19H19ClN2O3. The topological polar surface area (TPSA) is 64.2 Å². The second-order valence-corrected chi connectivity index (χ2v) is 6.33. The van der Waals surface area contributed by atoms with Crippen molar-refractivity contribution in [1.29, 1.82) is 0 Å². The van der Waals surface area contributed by atoms with Gasteiger partial charge in [0.2, 0.25) is 0 Å². The predicted molar refractivity (Wildman–Crippen MR) is 98.1 cm³/mol. The van der Waals surface area contributed by atoms with E-state index in [-0.39, 0.29) is 11.5 Å². The van der Waals surface area contributed by atoms with Crippen molar-refractivity contribution in [3.8, 4) is 0 Å². The molecule has 0 saturated carbocycles. The second-order valence-electron chi connectivity index (χ2n) is 5.90. The summed E-state index contributed by atoms with van der Waals surface area (Å²) in [5, 5.41) is 3.82. The fourth-order valence-corrected chi connectivity index (χ4v) is 2.95. The first-order valence-electron chi connectivity index (χ1n) is 8.16. The van der Waals surface area contributed by atoms with E-state index >= 15 is 0 Å². The molecule has 2 heterocycles. The van der Waals surface area contributed by atoms with Gasteiger partial charge in [0.15, 0.2) is 0 Å². The van der Waals surface area contributed by atoms with Gasteiger partial charge >= 0.3 is 0 Å². The molecule has 1 N–H and O–H groups in total. The number of hydrogen-bond acceptors (Lipinski definition) is 3. The average Bonchev–Trinajstić information content (AvgIpc) is 2.94. The van der Waals surface area contributed by atoms with Crippen molar-refractivity contribution in [3.05, 3.63) is 68.8 Å². The predicted octanol–water partition coefficient (Wildman–Crippen LogP) is 3.90. The van der Waals surface area contributed by atoms with Gasteiger partial charge in [-0.05, 0) is 37.1 Å². The number of carbonyl (C=O) groups excluding carboxylic acids is 1. The SMILES string of the molecule is CCCn1ccc2oc(C)c(C(=O)NCc3ccc(Cl)cc3)c2c1=O. The van der Waals surface area contributed by atoms with Gasteiger partial charge in [0, 0.05) is 24.3 Å². The van der Waals surface area contributed by atoms with Crippen molar-refractivity contribution in [2.75, 3.05) is 0 Å². The van der Waals surface area contributed by atoms with Crippen LogP contribution in [0.25, 0.3) is 11.0 Å². The Labute approximate surface area is 150 Å². The third-order valence-electron chi connectivity index (χ3n) is 4.05. The maximum absolute atomic E-state index is 12.7. The minimum atomic E-state index is -0.322. The first-order valence-corrected chi connectivity index (χ1v) is 8.54. The Morgan fingerprint density at radius 3 is 2.64 bits per heavy atom. The summed E-state index contributed by atoms with van der Waals surface area (Å²) in [5.41, 5.74) is 1.46. The number of furan rings is 1. The molecular weight excluding hydrogens is 340 g/mol. The number of carbonyl (C=O) groups is 1. The second kappa shape index (κ2) is 7.15. The Bertz CT molecular complexity index is 971. The number of benzene rings is 1. The van der Waals surface area contributed by atoms with E-state index in [9.17, 15) is 9.59 Å². The van der Waals surface area contributed by atoms with Gasteiger partial charge in [0.25, 0.3) is 11.5 Å². The monoisotopic (exact) mass is 358 g/mol. The van der Waals surface area contributed by atoms with Crippen LogP contribution in [0, 0.1) is 6.92 Å². The van der Waals surface area contributed by atoms with Crippen molar-refractivity contribution in [2.45, 2.75) is 33.4 Å². The molecule has 0 aliphatic heterocycles. The Morgan fingerprint density at radius 1 is 1.24 bits per heavy atom. The highest BCUT2D eigenvalue weighted by Gasteiger charge is 2.21. The van der Waals surface area contributed by atoms with E-state index in [1.807, 2.05) is 19.1 Å². The lowest BCUT2D eigenvalue weighted by molar-refractivity contribution is 0.0950. The van der Waals surface area contributed by atoms with Crippen molar-refractivity contribution >= 4 is 28.5 Å². The fraction of sp³-hybridized carbons (Fsp3) is 0.263. The summed E-state index contributed by atoms with van der Waals surface area (Å²) in [4.78, 5) is 25.3. The smallest absolute Gasteiger partial charge is 0.262 e. The molecule has 0 aliphatic carbocycles. The van der Waals surface area contributed by atoms with Gasteiger partial charge in [0.1, 0.15) is 11.3 Å². The molecule has 1 amide bonds. The van der Waals surface area contributed by atoms with E-state index < -0.39 is 0 Å². The Hall–Kier alpha value is -2.53. The molecule has 0 radical (unpaired) electrons. The lowest BCUT2D eigenvalue weighted by Gasteiger charge is -2.06. The van der Waals surface area contributed by atoms with Crippen molar-refractivity contribution in [1.82, 2.24) is 9.88 Å². The highest BCUT2D eigenvalue weighted by Crippen LogP contribution is 2.22. The average molecular weight is 359 g/mol. The van der Waals surface area contributed by atoms with Crippen LogP contribution in [-0.4, -0.2) is 10.5 Å². The molecule has 0 unspecified atom stereocenters. The van der Waals surface area contributed by atoms with E-state index in [0.717, 1.165) is 12.0 Å². The van der Waals surface area contributed by atoms with Gasteiger partial charge in [-0.2, -0.15) is 0 Å². The molecule has 0 aliphatic rings. The van der Waals surface area contributed by atoms with Gasteiger partial charge < -0.3 is 14.3 Å². The van der Waals surface area contributed by atoms with Crippen LogP contribution in [0.4, 0.5) is 0 Å². The zero-order valence-corrected chi connectivity index (χ0v) is 14.9. The zero-order chi connectivity index (χ0) is 18.0. The normalized spacial score (nSPS) is 11.0. The van der Waals surface area contributed by atoms with Gasteiger partial charge in [-0.25, -0.2) is 0 Å². The van der Waals surface area contributed by atoms with Gasteiger partial charge in [0.05, 0.1) is 10.9 Å². The van der Waals surface area contributed by atoms with Gasteiger partial charge in [-0.15, -0.1) is 0 Å². The van der Waals surface area contributed by atoms with E-state index in [0.29, 0.717) is 40.4 Å². The molecule has 0 spiro atoms. The molecule has 6 heteroatoms. The zero-order valence-electron chi connectivity index (χ0n) is 14.1. The number of aromatic nitrogens is 1. The molecule has 0 atom stereocenters. The van der Waals surface area contributed by atoms with Crippen molar-refractivity contribution in [3.63, 3.8) is 0 Å². The minimum absolute atomic E-state index is 0.201. The van der Waals surface area contributed by atoms with Crippen LogP contribution in [0.2, 0.25) is 5.02 Å². The molecule has 3 rings (SSSR count). The van der Waals surface area contributed by atoms with Crippen LogP contribution in [-0.2, 0) is 13.1 Å². The quantitative estimate of drug-likeness (QED) is 0.752. The summed E-state index contributed by atoms with van der Waals surface area (Å²) in [5.74, 6) is 0.118. The molecule has 2 aromatic heterocycles. The Balaban J connectivity index is 1.92. The standard InChI is InChI=1S/C19H19ClN2O3/c1-3-9-22-10-8-15-17(19(22)24)16(12(2)25-15)18(23)21-11-13-4-6-14(20)7-5-13/h4-8,10H,3,9,11H2,1-2H3,(H,21,23). The number of nitrogens with one attached hydrogen (secondary N) is 1. The molecule has 25 heavy (non-hydrogen) atoms. The Kier molecular flexibility index (Phi) is 4.95. The summed E-state index contributed by atoms with van der Waals surface area (Å²) >= 11 is 5.86. The molecule has 1 aromatic carbocycles. The summed E-state index contributed by atoms with van der Waals surface area (Å²) in [6.45, 7) is 4.64. The highest BCUT2D eigenvalue weighted by molar-refractivity contribution is 6.30. The maximum atomic E-state index is 12.7. The molecule has 5 nitrogen and oxygen atoms in total. The third kappa shape index (κ3) is 3.46. The van der Waals surface area contributed by atoms with Crippen LogP contribution in [0.15, 0.2) is 45.7 Å². The van der Waals surface area contributed by atoms with Crippen LogP contribution in [0.1, 0.15) is 35.0 Å². The van der Waals surface area contributed by atoms with E-state index in [2.05, 4.69) is 5.32 Å². The van der Waals surface area contributed by atoms with Crippen LogP contribution < -0.4 is 10.9 Å². The number of fused-ring (bicyclic) bond motifs is 1. The van der Waals surface area contributed by atoms with E-state index in [4.69, 9.17) is 16.0 Å². The molecule has 0 fully saturated rings. The van der Waals surface area contributed by atoms with Gasteiger partial charge in [-0.1, -0.05) is 30.7 Å². The lowest BCUT2D eigenvalue weighted by atomic mass is 10.1. The Morgan fingerprint density at radius 2 is 1.96 bits per heavy atom. The number of nitrogens with zero attached hydrogens (tertiary/aromatic N) is 1. The van der Waals surface area contributed by atoms with Crippen LogP contribution in [0.5, 0.6) is 0 Å².